The topological polar surface area (TPSA) is 16.6 Å². The van der Waals surface area contributed by atoms with Crippen molar-refractivity contribution in [3.8, 4) is 12.0 Å². The van der Waals surface area contributed by atoms with Crippen molar-refractivity contribution in [3.05, 3.63) is 0 Å². The summed E-state index contributed by atoms with van der Waals surface area (Å²) in [6.45, 7) is 4.24. The molecule has 0 rings (SSSR count). The van der Waals surface area contributed by atoms with Gasteiger partial charge >= 0.3 is 0 Å². The van der Waals surface area contributed by atoms with Crippen molar-refractivity contribution >= 4 is 0 Å². The van der Waals surface area contributed by atoms with Gasteiger partial charge in [0.15, 0.2) is 0 Å². The quantitative estimate of drug-likeness (QED) is 0.325. The molecule has 64 valence electrons. The average molecular weight is 156 g/mol. The van der Waals surface area contributed by atoms with E-state index in [4.69, 9.17) is 0 Å². The van der Waals surface area contributed by atoms with Gasteiger partial charge in [-0.1, -0.05) is 0 Å². The highest BCUT2D eigenvalue weighted by molar-refractivity contribution is 4.85. The molecule has 0 atom stereocenters. The molecule has 2 N–H and O–H groups in total. The molecule has 0 aromatic rings. The Morgan fingerprint density at radius 2 is 2.00 bits per heavy atom. The van der Waals surface area contributed by atoms with Crippen LogP contribution in [0.2, 0.25) is 0 Å². The lowest BCUT2D eigenvalue weighted by Gasteiger charge is -2.20. The summed E-state index contributed by atoms with van der Waals surface area (Å²) in [5, 5.41) is 2.21. The van der Waals surface area contributed by atoms with E-state index in [1.165, 1.54) is 13.0 Å². The van der Waals surface area contributed by atoms with Crippen LogP contribution in [0.15, 0.2) is 0 Å². The lowest BCUT2D eigenvalue weighted by Crippen LogP contribution is -2.80. The first-order valence-electron chi connectivity index (χ1n) is 4.17. The molecule has 0 aliphatic heterocycles. The Bertz CT molecular complexity index is 151. The van der Waals surface area contributed by atoms with Gasteiger partial charge < -0.3 is 5.32 Å². The van der Waals surface area contributed by atoms with Crippen molar-refractivity contribution in [2.24, 2.45) is 0 Å². The van der Waals surface area contributed by atoms with Crippen LogP contribution in [-0.2, 0) is 0 Å². The van der Waals surface area contributed by atoms with Gasteiger partial charge in [-0.25, -0.2) is 0 Å². The van der Waals surface area contributed by atoms with Gasteiger partial charge in [0, 0.05) is 13.3 Å². The summed E-state index contributed by atoms with van der Waals surface area (Å²) in [5.41, 5.74) is 0. The summed E-state index contributed by atoms with van der Waals surface area (Å²) < 4.78 is 0.824. The zero-order valence-electron chi connectivity index (χ0n) is 8.15. The van der Waals surface area contributed by atoms with Crippen molar-refractivity contribution in [1.29, 1.82) is 0 Å². The Morgan fingerprint density at radius 3 is 2.45 bits per heavy atom. The normalized spacial score (nSPS) is 10.5. The van der Waals surface area contributed by atoms with Crippen LogP contribution in [0.5, 0.6) is 0 Å². The van der Waals surface area contributed by atoms with Crippen LogP contribution < -0.4 is 5.32 Å². The fraction of sp³-hybridized carbons (Fsp3) is 0.778. The fourth-order valence-corrected chi connectivity index (χ4v) is 1.05. The highest BCUT2D eigenvalue weighted by Crippen LogP contribution is 1.94. The molecule has 0 spiro atoms. The smallest absolute Gasteiger partial charge is 0.136 e. The lowest BCUT2D eigenvalue weighted by atomic mass is 10.3. The monoisotopic (exact) mass is 156 g/mol. The first-order valence-corrected chi connectivity index (χ1v) is 4.17. The molecule has 0 aliphatic carbocycles. The molecule has 0 bridgehead atoms. The van der Waals surface area contributed by atoms with Gasteiger partial charge in [0.2, 0.25) is 0 Å². The third kappa shape index (κ3) is 5.90. The molecule has 0 saturated carbocycles. The van der Waals surface area contributed by atoms with Crippen LogP contribution in [0.3, 0.4) is 0 Å². The summed E-state index contributed by atoms with van der Waals surface area (Å²) in [6, 6.07) is 3.15. The molecule has 0 aliphatic rings. The second kappa shape index (κ2) is 5.17. The van der Waals surface area contributed by atoms with Gasteiger partial charge in [0.25, 0.3) is 0 Å². The van der Waals surface area contributed by atoms with E-state index in [1.807, 2.05) is 6.92 Å². The van der Waals surface area contributed by atoms with Gasteiger partial charge in [-0.05, 0) is 5.92 Å². The Labute approximate surface area is 70.2 Å². The maximum Gasteiger partial charge on any atom is 0.136 e. The lowest BCUT2D eigenvalue weighted by molar-refractivity contribution is -0.824. The zero-order chi connectivity index (χ0) is 8.74. The first kappa shape index (κ1) is 10.5. The van der Waals surface area contributed by atoms with Gasteiger partial charge in [-0.3, -0.25) is 4.48 Å². The zero-order valence-corrected chi connectivity index (χ0v) is 8.15. The predicted octanol–water partition coefficient (Wildman–Crippen LogP) is -0.373. The second-order valence-electron chi connectivity index (χ2n) is 3.32. The minimum absolute atomic E-state index is 0.824. The molecule has 0 heterocycles. The molecule has 2 heteroatoms. The van der Waals surface area contributed by atoms with E-state index >= 15 is 0 Å². The molecule has 0 amide bonds. The Balaban J connectivity index is 3.61. The summed E-state index contributed by atoms with van der Waals surface area (Å²) in [6.07, 6.45) is 1.23. The minimum atomic E-state index is 0.824. The molecular weight excluding hydrogens is 136 g/mol. The van der Waals surface area contributed by atoms with Gasteiger partial charge in [-0.15, -0.1) is 0 Å². The maximum absolute atomic E-state index is 3.15. The van der Waals surface area contributed by atoms with Crippen molar-refractivity contribution in [2.75, 3.05) is 34.2 Å². The summed E-state index contributed by atoms with van der Waals surface area (Å²) >= 11 is 0. The molecule has 2 nitrogen and oxygen atoms in total. The number of hydrogen-bond acceptors (Lipinski definition) is 0. The van der Waals surface area contributed by atoms with Crippen LogP contribution >= 0.6 is 0 Å². The molecule has 11 heavy (non-hydrogen) atoms. The molecule has 0 fully saturated rings. The van der Waals surface area contributed by atoms with E-state index in [-0.39, 0.29) is 0 Å². The fourth-order valence-electron chi connectivity index (χ4n) is 1.05. The van der Waals surface area contributed by atoms with E-state index in [0.717, 1.165) is 11.0 Å². The van der Waals surface area contributed by atoms with Crippen molar-refractivity contribution < 1.29 is 9.80 Å². The highest BCUT2D eigenvalue weighted by Gasteiger charge is 2.10. The summed E-state index contributed by atoms with van der Waals surface area (Å²) in [5.74, 6) is 2.95. The summed E-state index contributed by atoms with van der Waals surface area (Å²) in [7, 11) is 6.39. The van der Waals surface area contributed by atoms with Crippen LogP contribution in [0.4, 0.5) is 0 Å². The van der Waals surface area contributed by atoms with Crippen LogP contribution in [0.25, 0.3) is 0 Å². The molecule has 0 saturated heterocycles. The summed E-state index contributed by atoms with van der Waals surface area (Å²) in [4.78, 5) is 0. The van der Waals surface area contributed by atoms with Crippen LogP contribution in [0, 0.1) is 12.0 Å². The molecule has 0 aromatic heterocycles. The third-order valence-electron chi connectivity index (χ3n) is 1.62. The predicted molar refractivity (Wildman–Crippen MR) is 47.8 cm³/mol. The van der Waals surface area contributed by atoms with E-state index in [1.54, 1.807) is 0 Å². The van der Waals surface area contributed by atoms with Crippen LogP contribution in [-0.4, -0.2) is 38.7 Å². The SMILES string of the molecule is CC#C[N+](C)(C)CCC[NH2+]C. The Hall–Kier alpha value is -0.520. The number of nitrogens with two attached hydrogens (primary N) is 1. The first-order chi connectivity index (χ1) is 5.12. The highest BCUT2D eigenvalue weighted by atomic mass is 15.3. The van der Waals surface area contributed by atoms with Crippen LogP contribution in [0.1, 0.15) is 13.3 Å². The van der Waals surface area contributed by atoms with E-state index < -0.39 is 0 Å². The minimum Gasteiger partial charge on any atom is -0.349 e. The molecule has 0 radical (unpaired) electrons. The van der Waals surface area contributed by atoms with Crippen molar-refractivity contribution in [2.45, 2.75) is 13.3 Å². The third-order valence-corrected chi connectivity index (χ3v) is 1.62. The van der Waals surface area contributed by atoms with E-state index in [2.05, 4.69) is 38.4 Å². The van der Waals surface area contributed by atoms with Gasteiger partial charge in [0.05, 0.1) is 34.2 Å². The number of quaternary nitrogens is 2. The van der Waals surface area contributed by atoms with E-state index in [0.29, 0.717) is 0 Å². The Morgan fingerprint density at radius 1 is 1.36 bits per heavy atom. The van der Waals surface area contributed by atoms with Crippen molar-refractivity contribution in [3.63, 3.8) is 0 Å². The largest absolute Gasteiger partial charge is 0.349 e. The van der Waals surface area contributed by atoms with E-state index in [9.17, 15) is 0 Å². The maximum atomic E-state index is 3.15. The Kier molecular flexibility index (Phi) is 4.93. The molecule has 0 unspecified atom stereocenters. The number of rotatable bonds is 4. The molecular formula is C9H20N2+2. The van der Waals surface area contributed by atoms with Gasteiger partial charge in [0.1, 0.15) is 6.04 Å². The number of hydrogen-bond donors (Lipinski definition) is 1. The van der Waals surface area contributed by atoms with Crippen molar-refractivity contribution in [1.82, 2.24) is 0 Å². The van der Waals surface area contributed by atoms with Gasteiger partial charge in [-0.2, -0.15) is 0 Å². The standard InChI is InChI=1S/C9H19N2/c1-5-8-11(3,4)9-6-7-10-2/h10H,6-7,9H2,1-4H3/q+1/p+1. The number of nitrogens with zero attached hydrogens (tertiary/aromatic N) is 1. The molecule has 0 aromatic carbocycles. The second-order valence-corrected chi connectivity index (χ2v) is 3.32. The average Bonchev–Trinajstić information content (AvgIpc) is 1.87.